The largest absolute Gasteiger partial charge is 0.398 e. The van der Waals surface area contributed by atoms with Crippen LogP contribution in [0.2, 0.25) is 0 Å². The third kappa shape index (κ3) is 3.56. The Bertz CT molecular complexity index is 807. The minimum absolute atomic E-state index is 0.122. The monoisotopic (exact) mass is 433 g/mol. The Labute approximate surface area is 140 Å². The molecule has 0 radical (unpaired) electrons. The van der Waals surface area contributed by atoms with Gasteiger partial charge >= 0.3 is 0 Å². The predicted octanol–water partition coefficient (Wildman–Crippen LogP) is 3.61. The Morgan fingerprint density at radius 3 is 2.48 bits per heavy atom. The molecule has 0 amide bonds. The van der Waals surface area contributed by atoms with E-state index in [4.69, 9.17) is 5.73 Å². The second-order valence-corrected chi connectivity index (χ2v) is 7.96. The molecule has 0 saturated carbocycles. The number of sulfonamides is 1. The predicted molar refractivity (Wildman–Crippen MR) is 90.8 cm³/mol. The van der Waals surface area contributed by atoms with Gasteiger partial charge in [0.25, 0.3) is 10.0 Å². The van der Waals surface area contributed by atoms with Gasteiger partial charge in [-0.1, -0.05) is 15.9 Å². The first-order valence-electron chi connectivity index (χ1n) is 5.91. The smallest absolute Gasteiger partial charge is 0.263 e. The molecule has 0 bridgehead atoms. The van der Waals surface area contributed by atoms with Crippen molar-refractivity contribution in [3.05, 3.63) is 44.5 Å². The molecule has 8 heteroatoms. The summed E-state index contributed by atoms with van der Waals surface area (Å²) >= 11 is 6.57. The van der Waals surface area contributed by atoms with Crippen molar-refractivity contribution in [2.45, 2.75) is 18.7 Å². The van der Waals surface area contributed by atoms with Gasteiger partial charge in [-0.15, -0.1) is 0 Å². The van der Waals surface area contributed by atoms with Crippen molar-refractivity contribution < 1.29 is 8.42 Å². The Morgan fingerprint density at radius 1 is 1.19 bits per heavy atom. The van der Waals surface area contributed by atoms with Crippen molar-refractivity contribution in [1.29, 1.82) is 0 Å². The van der Waals surface area contributed by atoms with Gasteiger partial charge in [0.15, 0.2) is 0 Å². The van der Waals surface area contributed by atoms with Crippen LogP contribution >= 0.6 is 31.9 Å². The van der Waals surface area contributed by atoms with E-state index in [1.807, 2.05) is 6.92 Å². The van der Waals surface area contributed by atoms with E-state index in [9.17, 15) is 8.42 Å². The summed E-state index contributed by atoms with van der Waals surface area (Å²) in [6.07, 6.45) is 1.55. The molecular formula is C13H13Br2N3O2S. The number of halogens is 2. The van der Waals surface area contributed by atoms with Crippen LogP contribution < -0.4 is 10.5 Å². The van der Waals surface area contributed by atoms with Gasteiger partial charge in [0, 0.05) is 20.8 Å². The molecule has 3 N–H and O–H groups in total. The number of nitrogens with two attached hydrogens (primary N) is 1. The van der Waals surface area contributed by atoms with Gasteiger partial charge in [-0.2, -0.15) is 0 Å². The fourth-order valence-electron chi connectivity index (χ4n) is 1.74. The van der Waals surface area contributed by atoms with E-state index >= 15 is 0 Å². The average molecular weight is 435 g/mol. The van der Waals surface area contributed by atoms with Gasteiger partial charge in [-0.25, -0.2) is 13.4 Å². The van der Waals surface area contributed by atoms with E-state index in [0.29, 0.717) is 15.7 Å². The van der Waals surface area contributed by atoms with Crippen molar-refractivity contribution in [3.63, 3.8) is 0 Å². The van der Waals surface area contributed by atoms with Gasteiger partial charge < -0.3 is 5.73 Å². The lowest BCUT2D eigenvalue weighted by molar-refractivity contribution is 0.600. The maximum atomic E-state index is 12.5. The molecule has 0 atom stereocenters. The fourth-order valence-corrected chi connectivity index (χ4v) is 3.89. The van der Waals surface area contributed by atoms with Crippen molar-refractivity contribution >= 4 is 53.4 Å². The fraction of sp³-hybridized carbons (Fsp3) is 0.154. The molecule has 0 aliphatic rings. The Morgan fingerprint density at radius 2 is 1.86 bits per heavy atom. The summed E-state index contributed by atoms with van der Waals surface area (Å²) in [5.41, 5.74) is 7.60. The first kappa shape index (κ1) is 16.3. The van der Waals surface area contributed by atoms with Crippen LogP contribution in [0.3, 0.4) is 0 Å². The number of rotatable bonds is 3. The summed E-state index contributed by atoms with van der Waals surface area (Å²) in [5, 5.41) is 0. The normalized spacial score (nSPS) is 11.4. The highest BCUT2D eigenvalue weighted by atomic mass is 79.9. The SMILES string of the molecule is Cc1cc(NS(=O)(=O)c2cc(Br)cc(N)c2C)ncc1Br. The van der Waals surface area contributed by atoms with E-state index in [0.717, 1.165) is 10.0 Å². The first-order valence-corrected chi connectivity index (χ1v) is 8.98. The molecule has 0 aliphatic carbocycles. The molecule has 0 aliphatic heterocycles. The Kier molecular flexibility index (Phi) is 4.60. The van der Waals surface area contributed by atoms with Gasteiger partial charge in [-0.05, 0) is 59.1 Å². The third-order valence-corrected chi connectivity index (χ3v) is 5.71. The standard InChI is InChI=1S/C13H13Br2N3O2S/c1-7-3-13(17-6-10(7)15)18-21(19,20)12-5-9(14)4-11(16)8(12)2/h3-6H,16H2,1-2H3,(H,17,18). The molecule has 0 saturated heterocycles. The number of nitrogen functional groups attached to an aromatic ring is 1. The van der Waals surface area contributed by atoms with Crippen molar-refractivity contribution in [2.24, 2.45) is 0 Å². The summed E-state index contributed by atoms with van der Waals surface area (Å²) in [4.78, 5) is 4.17. The van der Waals surface area contributed by atoms with Crippen LogP contribution in [0.25, 0.3) is 0 Å². The quantitative estimate of drug-likeness (QED) is 0.722. The van der Waals surface area contributed by atoms with Crippen LogP contribution in [0.15, 0.2) is 38.2 Å². The van der Waals surface area contributed by atoms with Crippen LogP contribution in [0.4, 0.5) is 11.5 Å². The van der Waals surface area contributed by atoms with Crippen LogP contribution in [0.1, 0.15) is 11.1 Å². The van der Waals surface area contributed by atoms with Crippen LogP contribution in [0, 0.1) is 13.8 Å². The number of nitrogens with zero attached hydrogens (tertiary/aromatic N) is 1. The zero-order valence-corrected chi connectivity index (χ0v) is 15.3. The van der Waals surface area contributed by atoms with Gasteiger partial charge in [0.05, 0.1) is 4.90 Å². The van der Waals surface area contributed by atoms with Crippen LogP contribution in [0.5, 0.6) is 0 Å². The lowest BCUT2D eigenvalue weighted by Crippen LogP contribution is -2.16. The molecule has 112 valence electrons. The molecule has 21 heavy (non-hydrogen) atoms. The molecule has 1 aromatic carbocycles. The van der Waals surface area contributed by atoms with Crippen LogP contribution in [-0.4, -0.2) is 13.4 Å². The van der Waals surface area contributed by atoms with E-state index in [1.54, 1.807) is 25.3 Å². The summed E-state index contributed by atoms with van der Waals surface area (Å²) < 4.78 is 28.8. The molecule has 0 spiro atoms. The van der Waals surface area contributed by atoms with E-state index in [1.165, 1.54) is 6.07 Å². The minimum Gasteiger partial charge on any atom is -0.398 e. The number of nitrogens with one attached hydrogen (secondary N) is 1. The van der Waals surface area contributed by atoms with Gasteiger partial charge in [0.2, 0.25) is 0 Å². The molecule has 5 nitrogen and oxygen atoms in total. The van der Waals surface area contributed by atoms with Crippen molar-refractivity contribution in [2.75, 3.05) is 10.5 Å². The summed E-state index contributed by atoms with van der Waals surface area (Å²) in [6, 6.07) is 4.83. The van der Waals surface area contributed by atoms with Gasteiger partial charge in [0.1, 0.15) is 5.82 Å². The molecule has 0 unspecified atom stereocenters. The minimum atomic E-state index is -3.76. The maximum Gasteiger partial charge on any atom is 0.263 e. The molecule has 0 fully saturated rings. The van der Waals surface area contributed by atoms with Crippen molar-refractivity contribution in [3.8, 4) is 0 Å². The number of benzene rings is 1. The first-order chi connectivity index (χ1) is 9.70. The summed E-state index contributed by atoms with van der Waals surface area (Å²) in [6.45, 7) is 3.52. The highest BCUT2D eigenvalue weighted by Crippen LogP contribution is 2.28. The number of hydrogen-bond donors (Lipinski definition) is 2. The summed E-state index contributed by atoms with van der Waals surface area (Å²) in [7, 11) is -3.76. The van der Waals surface area contributed by atoms with E-state index in [-0.39, 0.29) is 10.7 Å². The van der Waals surface area contributed by atoms with Crippen molar-refractivity contribution in [1.82, 2.24) is 4.98 Å². The zero-order valence-electron chi connectivity index (χ0n) is 11.3. The molecule has 2 rings (SSSR count). The number of hydrogen-bond acceptors (Lipinski definition) is 4. The van der Waals surface area contributed by atoms with Crippen LogP contribution in [-0.2, 0) is 10.0 Å². The second kappa shape index (κ2) is 5.94. The topological polar surface area (TPSA) is 85.1 Å². The number of anilines is 2. The zero-order chi connectivity index (χ0) is 15.8. The number of aromatic nitrogens is 1. The molecule has 2 aromatic rings. The highest BCUT2D eigenvalue weighted by Gasteiger charge is 2.20. The van der Waals surface area contributed by atoms with Gasteiger partial charge in [-0.3, -0.25) is 4.72 Å². The summed E-state index contributed by atoms with van der Waals surface area (Å²) in [5.74, 6) is 0.258. The molecular weight excluding hydrogens is 422 g/mol. The number of pyridine rings is 1. The molecule has 1 heterocycles. The number of aryl methyl sites for hydroxylation is 1. The third-order valence-electron chi connectivity index (χ3n) is 2.94. The Balaban J connectivity index is 2.45. The average Bonchev–Trinajstić information content (AvgIpc) is 2.37. The van der Waals surface area contributed by atoms with E-state index < -0.39 is 10.0 Å². The molecule has 1 aromatic heterocycles. The maximum absolute atomic E-state index is 12.5. The second-order valence-electron chi connectivity index (χ2n) is 4.54. The Hall–Kier alpha value is -1.12. The lowest BCUT2D eigenvalue weighted by Gasteiger charge is -2.12. The highest BCUT2D eigenvalue weighted by molar-refractivity contribution is 9.10. The lowest BCUT2D eigenvalue weighted by atomic mass is 10.2. The van der Waals surface area contributed by atoms with E-state index in [2.05, 4.69) is 41.6 Å².